The minimum atomic E-state index is -0.929. The lowest BCUT2D eigenvalue weighted by molar-refractivity contribution is -0.119. The van der Waals surface area contributed by atoms with E-state index in [1.54, 1.807) is 48.5 Å². The Balaban J connectivity index is 1.33. The summed E-state index contributed by atoms with van der Waals surface area (Å²) in [6, 6.07) is 24.2. The van der Waals surface area contributed by atoms with Gasteiger partial charge >= 0.3 is 11.6 Å². The summed E-state index contributed by atoms with van der Waals surface area (Å²) in [6.07, 6.45) is 0. The number of hydrogen-bond acceptors (Lipinski definition) is 6. The van der Waals surface area contributed by atoms with Crippen molar-refractivity contribution in [1.29, 1.82) is 0 Å². The van der Waals surface area contributed by atoms with Crippen molar-refractivity contribution in [3.05, 3.63) is 101 Å². The molecule has 0 radical (unpaired) electrons. The average molecular weight is 415 g/mol. The van der Waals surface area contributed by atoms with Crippen molar-refractivity contribution < 1.29 is 23.5 Å². The molecule has 31 heavy (non-hydrogen) atoms. The van der Waals surface area contributed by atoms with Crippen LogP contribution in [0.25, 0.3) is 11.0 Å². The second-order valence-electron chi connectivity index (χ2n) is 6.55. The Kier molecular flexibility index (Phi) is 5.75. The van der Waals surface area contributed by atoms with Gasteiger partial charge in [0, 0.05) is 11.1 Å². The molecule has 1 aromatic heterocycles. The van der Waals surface area contributed by atoms with Crippen molar-refractivity contribution in [2.24, 2.45) is 0 Å². The Hall–Kier alpha value is -4.39. The number of anilines is 1. The molecule has 1 N–H and O–H groups in total. The van der Waals surface area contributed by atoms with Crippen molar-refractivity contribution in [3.63, 3.8) is 0 Å². The predicted octanol–water partition coefficient (Wildman–Crippen LogP) is 4.38. The first-order valence-electron chi connectivity index (χ1n) is 9.41. The molecule has 0 fully saturated rings. The summed E-state index contributed by atoms with van der Waals surface area (Å²) in [5.41, 5.74) is -0.222. The van der Waals surface area contributed by atoms with Gasteiger partial charge in [0.05, 0.1) is 0 Å². The van der Waals surface area contributed by atoms with Gasteiger partial charge in [-0.15, -0.1) is 0 Å². The molecule has 0 aliphatic heterocycles. The molecule has 0 saturated carbocycles. The predicted molar refractivity (Wildman–Crippen MR) is 114 cm³/mol. The third-order valence-corrected chi connectivity index (χ3v) is 4.31. The first-order chi connectivity index (χ1) is 15.1. The summed E-state index contributed by atoms with van der Waals surface area (Å²) >= 11 is 0. The molecule has 3 aromatic carbocycles. The lowest BCUT2D eigenvalue weighted by Crippen LogP contribution is -2.23. The van der Waals surface area contributed by atoms with Crippen LogP contribution in [-0.4, -0.2) is 18.5 Å². The van der Waals surface area contributed by atoms with Crippen LogP contribution < -0.4 is 15.7 Å². The number of fused-ring (bicyclic) bond motifs is 1. The fourth-order valence-corrected chi connectivity index (χ4v) is 2.84. The summed E-state index contributed by atoms with van der Waals surface area (Å²) in [7, 11) is 0. The van der Waals surface area contributed by atoms with Gasteiger partial charge in [-0.25, -0.2) is 9.59 Å². The highest BCUT2D eigenvalue weighted by atomic mass is 16.5. The number of carbonyl (C=O) groups is 2. The second kappa shape index (κ2) is 8.96. The van der Waals surface area contributed by atoms with Crippen molar-refractivity contribution in [2.45, 2.75) is 0 Å². The fraction of sp³-hybridized carbons (Fsp3) is 0.0417. The van der Waals surface area contributed by atoms with Crippen LogP contribution in [0.4, 0.5) is 5.69 Å². The highest BCUT2D eigenvalue weighted by Crippen LogP contribution is 2.22. The Morgan fingerprint density at radius 2 is 1.52 bits per heavy atom. The molecule has 1 heterocycles. The van der Waals surface area contributed by atoms with Crippen LogP contribution >= 0.6 is 0 Å². The maximum absolute atomic E-state index is 12.2. The molecule has 4 aromatic rings. The standard InChI is InChI=1S/C24H17NO6/c26-22(25-17-10-12-19(13-11-17)30-18-7-2-1-3-8-18)15-29-23(27)20-14-16-6-4-5-9-21(16)31-24(20)28/h1-14H,15H2,(H,25,26). The fourth-order valence-electron chi connectivity index (χ4n) is 2.84. The van der Waals surface area contributed by atoms with Gasteiger partial charge in [0.1, 0.15) is 22.6 Å². The maximum atomic E-state index is 12.2. The van der Waals surface area contributed by atoms with E-state index in [0.717, 1.165) is 0 Å². The monoisotopic (exact) mass is 415 g/mol. The Morgan fingerprint density at radius 3 is 2.29 bits per heavy atom. The average Bonchev–Trinajstić information content (AvgIpc) is 2.79. The summed E-state index contributed by atoms with van der Waals surface area (Å²) in [4.78, 5) is 36.3. The van der Waals surface area contributed by atoms with Gasteiger partial charge in [0.2, 0.25) is 0 Å². The smallest absolute Gasteiger partial charge is 0.351 e. The zero-order valence-electron chi connectivity index (χ0n) is 16.2. The molecular formula is C24H17NO6. The number of benzene rings is 3. The molecule has 0 aliphatic carbocycles. The van der Waals surface area contributed by atoms with Gasteiger partial charge in [0.25, 0.3) is 5.91 Å². The van der Waals surface area contributed by atoms with Crippen LogP contribution in [-0.2, 0) is 9.53 Å². The van der Waals surface area contributed by atoms with E-state index >= 15 is 0 Å². The number of carbonyl (C=O) groups excluding carboxylic acids is 2. The molecule has 0 bridgehead atoms. The van der Waals surface area contributed by atoms with E-state index in [9.17, 15) is 14.4 Å². The lowest BCUT2D eigenvalue weighted by atomic mass is 10.2. The quantitative estimate of drug-likeness (QED) is 0.371. The number of amides is 1. The molecule has 0 aliphatic rings. The first kappa shape index (κ1) is 19.9. The summed E-state index contributed by atoms with van der Waals surface area (Å²) in [5.74, 6) is -0.167. The minimum absolute atomic E-state index is 0.270. The molecule has 0 spiro atoms. The van der Waals surface area contributed by atoms with Crippen molar-refractivity contribution in [2.75, 3.05) is 11.9 Å². The zero-order valence-corrected chi connectivity index (χ0v) is 16.2. The Bertz CT molecular complexity index is 1280. The number of para-hydroxylation sites is 2. The zero-order chi connectivity index (χ0) is 21.6. The van der Waals surface area contributed by atoms with E-state index in [2.05, 4.69) is 5.32 Å². The van der Waals surface area contributed by atoms with Crippen LogP contribution in [0.1, 0.15) is 10.4 Å². The topological polar surface area (TPSA) is 94.8 Å². The number of hydrogen-bond donors (Lipinski definition) is 1. The molecule has 154 valence electrons. The van der Waals surface area contributed by atoms with Crippen LogP contribution in [0, 0.1) is 0 Å². The van der Waals surface area contributed by atoms with Gasteiger partial charge in [-0.05, 0) is 48.5 Å². The van der Waals surface area contributed by atoms with E-state index in [0.29, 0.717) is 28.2 Å². The summed E-state index contributed by atoms with van der Waals surface area (Å²) < 4.78 is 15.7. The van der Waals surface area contributed by atoms with E-state index in [-0.39, 0.29) is 5.56 Å². The lowest BCUT2D eigenvalue weighted by Gasteiger charge is -2.08. The maximum Gasteiger partial charge on any atom is 0.351 e. The van der Waals surface area contributed by atoms with E-state index < -0.39 is 24.1 Å². The van der Waals surface area contributed by atoms with Crippen molar-refractivity contribution in [1.82, 2.24) is 0 Å². The number of ether oxygens (including phenoxy) is 2. The third-order valence-electron chi connectivity index (χ3n) is 4.31. The normalized spacial score (nSPS) is 10.5. The first-order valence-corrected chi connectivity index (χ1v) is 9.41. The summed E-state index contributed by atoms with van der Waals surface area (Å²) in [5, 5.41) is 3.19. The minimum Gasteiger partial charge on any atom is -0.457 e. The number of esters is 1. The SMILES string of the molecule is O=C(COC(=O)c1cc2ccccc2oc1=O)Nc1ccc(Oc2ccccc2)cc1. The largest absolute Gasteiger partial charge is 0.457 e. The third kappa shape index (κ3) is 4.97. The highest BCUT2D eigenvalue weighted by Gasteiger charge is 2.16. The molecule has 7 nitrogen and oxygen atoms in total. The van der Waals surface area contributed by atoms with Gasteiger partial charge in [0.15, 0.2) is 6.61 Å². The Labute approximate surface area is 176 Å². The molecule has 4 rings (SSSR count). The molecule has 0 saturated heterocycles. The molecule has 0 unspecified atom stereocenters. The van der Waals surface area contributed by atoms with Gasteiger partial charge in [-0.3, -0.25) is 4.79 Å². The van der Waals surface area contributed by atoms with Gasteiger partial charge in [-0.1, -0.05) is 36.4 Å². The van der Waals surface area contributed by atoms with Gasteiger partial charge < -0.3 is 19.2 Å². The number of nitrogens with one attached hydrogen (secondary N) is 1. The van der Waals surface area contributed by atoms with Crippen LogP contribution in [0.5, 0.6) is 11.5 Å². The van der Waals surface area contributed by atoms with Crippen LogP contribution in [0.15, 0.2) is 94.1 Å². The Morgan fingerprint density at radius 1 is 0.839 bits per heavy atom. The van der Waals surface area contributed by atoms with Gasteiger partial charge in [-0.2, -0.15) is 0 Å². The van der Waals surface area contributed by atoms with E-state index in [1.807, 2.05) is 30.3 Å². The van der Waals surface area contributed by atoms with E-state index in [1.165, 1.54) is 6.07 Å². The molecule has 7 heteroatoms. The molecular weight excluding hydrogens is 398 g/mol. The molecule has 1 amide bonds. The van der Waals surface area contributed by atoms with Crippen molar-refractivity contribution in [3.8, 4) is 11.5 Å². The second-order valence-corrected chi connectivity index (χ2v) is 6.55. The van der Waals surface area contributed by atoms with Crippen LogP contribution in [0.3, 0.4) is 0 Å². The summed E-state index contributed by atoms with van der Waals surface area (Å²) in [6.45, 7) is -0.548. The van der Waals surface area contributed by atoms with E-state index in [4.69, 9.17) is 13.9 Å². The van der Waals surface area contributed by atoms with Crippen molar-refractivity contribution >= 4 is 28.5 Å². The molecule has 0 atom stereocenters. The highest BCUT2D eigenvalue weighted by molar-refractivity contribution is 5.96. The van der Waals surface area contributed by atoms with Crippen LogP contribution in [0.2, 0.25) is 0 Å². The number of rotatable bonds is 6.